The van der Waals surface area contributed by atoms with Crippen LogP contribution in [0.2, 0.25) is 0 Å². The molecule has 0 saturated carbocycles. The van der Waals surface area contributed by atoms with Crippen LogP contribution < -0.4 is 10.6 Å². The SMILES string of the molecule is CC(=O)N[C@H](Cc1ccccc1F)C(=O)N[C@H](Cc1ccccc1[N+](=O)[O-])C(=O)O. The Morgan fingerprint density at radius 1 is 1.00 bits per heavy atom. The number of nitrogens with one attached hydrogen (secondary N) is 2. The molecule has 0 aliphatic carbocycles. The van der Waals surface area contributed by atoms with Gasteiger partial charge in [0.25, 0.3) is 5.69 Å². The molecule has 0 heterocycles. The summed E-state index contributed by atoms with van der Waals surface area (Å²) in [5.74, 6) is -3.39. The Morgan fingerprint density at radius 3 is 2.13 bits per heavy atom. The summed E-state index contributed by atoms with van der Waals surface area (Å²) in [6, 6.07) is 8.54. The predicted octanol–water partition coefficient (Wildman–Crippen LogP) is 1.59. The smallest absolute Gasteiger partial charge is 0.326 e. The Bertz CT molecular complexity index is 965. The number of para-hydroxylation sites is 1. The van der Waals surface area contributed by atoms with E-state index in [4.69, 9.17) is 0 Å². The van der Waals surface area contributed by atoms with Gasteiger partial charge in [0.1, 0.15) is 17.9 Å². The summed E-state index contributed by atoms with van der Waals surface area (Å²) in [4.78, 5) is 46.3. The summed E-state index contributed by atoms with van der Waals surface area (Å²) in [5.41, 5.74) is 0.0140. The molecule has 0 bridgehead atoms. The van der Waals surface area contributed by atoms with Crippen LogP contribution in [0.5, 0.6) is 0 Å². The number of carboxylic acid groups (broad SMARTS) is 1. The molecule has 0 aliphatic heterocycles. The van der Waals surface area contributed by atoms with Crippen molar-refractivity contribution in [1.29, 1.82) is 0 Å². The Balaban J connectivity index is 2.22. The molecule has 2 rings (SSSR count). The monoisotopic (exact) mass is 417 g/mol. The van der Waals surface area contributed by atoms with Crippen LogP contribution in [0.25, 0.3) is 0 Å². The van der Waals surface area contributed by atoms with Gasteiger partial charge in [-0.1, -0.05) is 36.4 Å². The van der Waals surface area contributed by atoms with Gasteiger partial charge in [-0.2, -0.15) is 0 Å². The van der Waals surface area contributed by atoms with E-state index in [2.05, 4.69) is 10.6 Å². The van der Waals surface area contributed by atoms with Crippen LogP contribution in [-0.2, 0) is 27.2 Å². The van der Waals surface area contributed by atoms with E-state index >= 15 is 0 Å². The maximum atomic E-state index is 13.9. The number of benzene rings is 2. The third-order valence-electron chi connectivity index (χ3n) is 4.30. The summed E-state index contributed by atoms with van der Waals surface area (Å²) >= 11 is 0. The second-order valence-corrected chi connectivity index (χ2v) is 6.54. The fourth-order valence-corrected chi connectivity index (χ4v) is 2.89. The molecule has 158 valence electrons. The van der Waals surface area contributed by atoms with Gasteiger partial charge >= 0.3 is 5.97 Å². The van der Waals surface area contributed by atoms with E-state index in [1.165, 1.54) is 49.4 Å². The molecule has 2 aromatic carbocycles. The Kier molecular flexibility index (Phi) is 7.56. The van der Waals surface area contributed by atoms with Crippen LogP contribution in [0.4, 0.5) is 10.1 Å². The van der Waals surface area contributed by atoms with Crippen molar-refractivity contribution >= 4 is 23.5 Å². The first-order valence-electron chi connectivity index (χ1n) is 8.95. The second kappa shape index (κ2) is 10.1. The summed E-state index contributed by atoms with van der Waals surface area (Å²) in [5, 5.41) is 25.3. The van der Waals surface area contributed by atoms with E-state index in [0.717, 1.165) is 0 Å². The van der Waals surface area contributed by atoms with Crippen LogP contribution in [-0.4, -0.2) is 39.9 Å². The number of hydrogen-bond acceptors (Lipinski definition) is 5. The molecule has 0 aromatic heterocycles. The lowest BCUT2D eigenvalue weighted by atomic mass is 10.0. The normalized spacial score (nSPS) is 12.5. The topological polar surface area (TPSA) is 139 Å². The molecule has 2 amide bonds. The number of carbonyl (C=O) groups is 3. The predicted molar refractivity (Wildman–Crippen MR) is 104 cm³/mol. The number of rotatable bonds is 9. The summed E-state index contributed by atoms with van der Waals surface area (Å²) in [7, 11) is 0. The quantitative estimate of drug-likeness (QED) is 0.418. The molecule has 9 nitrogen and oxygen atoms in total. The van der Waals surface area contributed by atoms with E-state index < -0.39 is 40.6 Å². The van der Waals surface area contributed by atoms with Gasteiger partial charge in [0.2, 0.25) is 11.8 Å². The number of halogens is 1. The Morgan fingerprint density at radius 2 is 1.57 bits per heavy atom. The molecule has 0 aliphatic rings. The minimum atomic E-state index is -1.49. The number of amides is 2. The Hall–Kier alpha value is -3.82. The molecular formula is C20H20FN3O6. The lowest BCUT2D eigenvalue weighted by Crippen LogP contribution is -2.52. The minimum Gasteiger partial charge on any atom is -0.480 e. The van der Waals surface area contributed by atoms with Crippen molar-refractivity contribution in [2.45, 2.75) is 31.8 Å². The molecule has 2 aromatic rings. The lowest BCUT2D eigenvalue weighted by Gasteiger charge is -2.21. The number of nitro groups is 1. The number of nitro benzene ring substituents is 1. The first kappa shape index (κ1) is 22.5. The maximum Gasteiger partial charge on any atom is 0.326 e. The van der Waals surface area contributed by atoms with Crippen LogP contribution >= 0.6 is 0 Å². The molecule has 0 fully saturated rings. The maximum absolute atomic E-state index is 13.9. The van der Waals surface area contributed by atoms with E-state index in [0.29, 0.717) is 0 Å². The summed E-state index contributed by atoms with van der Waals surface area (Å²) in [6.07, 6.45) is -0.541. The lowest BCUT2D eigenvalue weighted by molar-refractivity contribution is -0.385. The zero-order valence-electron chi connectivity index (χ0n) is 16.0. The molecule has 3 N–H and O–H groups in total. The van der Waals surface area contributed by atoms with Gasteiger partial charge in [-0.25, -0.2) is 9.18 Å². The molecular weight excluding hydrogens is 397 g/mol. The average molecular weight is 417 g/mol. The molecule has 0 radical (unpaired) electrons. The Labute approximate surface area is 171 Å². The largest absolute Gasteiger partial charge is 0.480 e. The van der Waals surface area contributed by atoms with E-state index in [-0.39, 0.29) is 29.7 Å². The zero-order valence-corrected chi connectivity index (χ0v) is 16.0. The first-order chi connectivity index (χ1) is 14.2. The highest BCUT2D eigenvalue weighted by molar-refractivity contribution is 5.90. The fourth-order valence-electron chi connectivity index (χ4n) is 2.89. The highest BCUT2D eigenvalue weighted by atomic mass is 19.1. The van der Waals surface area contributed by atoms with Crippen LogP contribution in [0.1, 0.15) is 18.1 Å². The average Bonchev–Trinajstić information content (AvgIpc) is 2.68. The molecule has 2 atom stereocenters. The second-order valence-electron chi connectivity index (χ2n) is 6.54. The molecule has 30 heavy (non-hydrogen) atoms. The van der Waals surface area contributed by atoms with Gasteiger partial charge in [0, 0.05) is 31.4 Å². The van der Waals surface area contributed by atoms with Gasteiger partial charge in [-0.05, 0) is 11.6 Å². The minimum absolute atomic E-state index is 0.125. The van der Waals surface area contributed by atoms with Crippen molar-refractivity contribution in [1.82, 2.24) is 10.6 Å². The molecule has 0 spiro atoms. The van der Waals surface area contributed by atoms with Crippen LogP contribution in [0, 0.1) is 15.9 Å². The number of nitrogens with zero attached hydrogens (tertiary/aromatic N) is 1. The van der Waals surface area contributed by atoms with Crippen molar-refractivity contribution in [3.8, 4) is 0 Å². The number of carboxylic acids is 1. The van der Waals surface area contributed by atoms with Crippen LogP contribution in [0.3, 0.4) is 0 Å². The van der Waals surface area contributed by atoms with Crippen molar-refractivity contribution in [3.63, 3.8) is 0 Å². The summed E-state index contributed by atoms with van der Waals surface area (Å²) < 4.78 is 13.9. The fraction of sp³-hybridized carbons (Fsp3) is 0.250. The van der Waals surface area contributed by atoms with E-state index in [1.54, 1.807) is 6.07 Å². The molecule has 0 unspecified atom stereocenters. The number of aliphatic carboxylic acids is 1. The standard InChI is InChI=1S/C20H20FN3O6/c1-12(25)22-16(10-13-6-2-4-8-15(13)21)19(26)23-17(20(27)28)11-14-7-3-5-9-18(14)24(29)30/h2-9,16-17H,10-11H2,1H3,(H,22,25)(H,23,26)(H,27,28)/t16-,17-/m1/s1. The van der Waals surface area contributed by atoms with Gasteiger partial charge in [0.15, 0.2) is 0 Å². The number of hydrogen-bond donors (Lipinski definition) is 3. The zero-order chi connectivity index (χ0) is 22.3. The van der Waals surface area contributed by atoms with Gasteiger partial charge < -0.3 is 15.7 Å². The van der Waals surface area contributed by atoms with Crippen LogP contribution in [0.15, 0.2) is 48.5 Å². The highest BCUT2D eigenvalue weighted by Gasteiger charge is 2.28. The van der Waals surface area contributed by atoms with Gasteiger partial charge in [0.05, 0.1) is 4.92 Å². The van der Waals surface area contributed by atoms with E-state index in [9.17, 15) is 34.0 Å². The first-order valence-corrected chi connectivity index (χ1v) is 8.95. The van der Waals surface area contributed by atoms with Crippen molar-refractivity contribution < 1.29 is 28.8 Å². The number of carbonyl (C=O) groups excluding carboxylic acids is 2. The van der Waals surface area contributed by atoms with Gasteiger partial charge in [-0.3, -0.25) is 19.7 Å². The summed E-state index contributed by atoms with van der Waals surface area (Å²) in [6.45, 7) is 1.17. The third-order valence-corrected chi connectivity index (χ3v) is 4.30. The van der Waals surface area contributed by atoms with Crippen molar-refractivity contribution in [3.05, 3.63) is 75.6 Å². The molecule has 10 heteroatoms. The highest BCUT2D eigenvalue weighted by Crippen LogP contribution is 2.19. The van der Waals surface area contributed by atoms with E-state index in [1.807, 2.05) is 0 Å². The third kappa shape index (κ3) is 6.09. The van der Waals surface area contributed by atoms with Crippen molar-refractivity contribution in [2.75, 3.05) is 0 Å². The van der Waals surface area contributed by atoms with Crippen molar-refractivity contribution in [2.24, 2.45) is 0 Å². The van der Waals surface area contributed by atoms with Gasteiger partial charge in [-0.15, -0.1) is 0 Å². The molecule has 0 saturated heterocycles.